The van der Waals surface area contributed by atoms with Gasteiger partial charge in [0.1, 0.15) is 23.8 Å². The fraction of sp³-hybridized carbons (Fsp3) is 0.459. The van der Waals surface area contributed by atoms with Crippen LogP contribution in [0.25, 0.3) is 39.1 Å². The second kappa shape index (κ2) is 36.0. The second-order valence-electron chi connectivity index (χ2n) is 39.6. The number of carbonyl (C=O) groups excluding carboxylic acids is 4. The molecule has 8 bridgehead atoms. The lowest BCUT2D eigenvalue weighted by atomic mass is 9.47. The SMILES string of the molecule is C.C.C.C.CC(=O)c1ccc(/C(C)=C(\C)C(O)c2ccc3c(c2)C(C)(C)CCC3(C)C)cc1.CC(=O)c1ccc(/C=C(\C)c2ccc(C)c(C34CC5CC(CC(C5)C3)C4)c2)cc1.CC(=O)c1ccc2cc(-c3ccc(O)c(C45CC6CC(CC(C6)C4)C5)c3)ccc2c1.Cc1ccc(CC(=O)C(O)c2ccc3c(c2)C(C)(C)CCC3(C)C)c(F)c1. The van der Waals surface area contributed by atoms with Gasteiger partial charge in [-0.15, -0.1) is 0 Å². The molecule has 0 saturated heterocycles. The molecule has 8 fully saturated rings. The molecule has 0 heterocycles. The summed E-state index contributed by atoms with van der Waals surface area (Å²) in [6, 6.07) is 58.5. The average Bonchev–Trinajstić information content (AvgIpc) is 0.727. The van der Waals surface area contributed by atoms with Gasteiger partial charge in [0.05, 0.1) is 0 Å². The Hall–Kier alpha value is -8.95. The number of aryl methyl sites for hydroxylation is 2. The molecular formula is C111H139FO7. The van der Waals surface area contributed by atoms with Gasteiger partial charge in [-0.3, -0.25) is 19.2 Å². The van der Waals surface area contributed by atoms with E-state index < -0.39 is 18.0 Å². The number of fused-ring (bicyclic) bond motifs is 3. The van der Waals surface area contributed by atoms with Gasteiger partial charge in [0.2, 0.25) is 0 Å². The van der Waals surface area contributed by atoms with Gasteiger partial charge < -0.3 is 15.3 Å². The summed E-state index contributed by atoms with van der Waals surface area (Å²) in [7, 11) is 0. The van der Waals surface area contributed by atoms with Crippen molar-refractivity contribution in [3.8, 4) is 16.9 Å². The zero-order valence-corrected chi connectivity index (χ0v) is 71.3. The average molecular weight is 1600 g/mol. The Bertz CT molecular complexity index is 5230. The van der Waals surface area contributed by atoms with Crippen LogP contribution in [0.5, 0.6) is 5.75 Å². The third-order valence-electron chi connectivity index (χ3n) is 29.2. The van der Waals surface area contributed by atoms with E-state index in [0.29, 0.717) is 27.9 Å². The van der Waals surface area contributed by atoms with Gasteiger partial charge in [-0.2, -0.15) is 0 Å². The molecule has 8 heteroatoms. The van der Waals surface area contributed by atoms with Crippen LogP contribution >= 0.6 is 0 Å². The van der Waals surface area contributed by atoms with E-state index in [1.807, 2.05) is 92.7 Å². The van der Waals surface area contributed by atoms with Crippen LogP contribution < -0.4 is 0 Å². The molecule has 9 aromatic rings. The van der Waals surface area contributed by atoms with Crippen molar-refractivity contribution >= 4 is 51.1 Å². The zero-order valence-electron chi connectivity index (χ0n) is 71.3. The molecule has 0 radical (unpaired) electrons. The quantitative estimate of drug-likeness (QED) is 0.0689. The minimum atomic E-state index is -1.24. The third kappa shape index (κ3) is 19.4. The first kappa shape index (κ1) is 92.3. The number of hydrogen-bond donors (Lipinski definition) is 3. The molecule has 0 spiro atoms. The van der Waals surface area contributed by atoms with Gasteiger partial charge in [-0.1, -0.05) is 237 Å². The lowest BCUT2D eigenvalue weighted by Crippen LogP contribution is -2.48. The zero-order chi connectivity index (χ0) is 82.2. The first-order chi connectivity index (χ1) is 54.4. The maximum absolute atomic E-state index is 14.1. The van der Waals surface area contributed by atoms with Crippen molar-refractivity contribution in [2.75, 3.05) is 0 Å². The van der Waals surface area contributed by atoms with E-state index in [9.17, 15) is 38.9 Å². The van der Waals surface area contributed by atoms with E-state index in [0.717, 1.165) is 110 Å². The molecule has 9 aromatic carbocycles. The van der Waals surface area contributed by atoms with Crippen molar-refractivity contribution in [2.45, 2.75) is 294 Å². The number of carbonyl (C=O) groups is 4. The van der Waals surface area contributed by atoms with E-state index in [-0.39, 0.29) is 86.3 Å². The summed E-state index contributed by atoms with van der Waals surface area (Å²) < 4.78 is 14.1. The number of hydrogen-bond acceptors (Lipinski definition) is 7. The largest absolute Gasteiger partial charge is 0.508 e. The summed E-state index contributed by atoms with van der Waals surface area (Å²) >= 11 is 0. The highest BCUT2D eigenvalue weighted by atomic mass is 19.1. The second-order valence-corrected chi connectivity index (χ2v) is 39.6. The molecule has 119 heavy (non-hydrogen) atoms. The first-order valence-corrected chi connectivity index (χ1v) is 42.9. The normalized spacial score (nSPS) is 23.8. The maximum Gasteiger partial charge on any atom is 0.170 e. The Morgan fingerprint density at radius 2 is 0.807 bits per heavy atom. The van der Waals surface area contributed by atoms with Crippen LogP contribution in [0.3, 0.4) is 0 Å². The summed E-state index contributed by atoms with van der Waals surface area (Å²) in [6.45, 7) is 33.3. The topological polar surface area (TPSA) is 129 Å². The molecule has 0 amide bonds. The number of phenols is 1. The highest BCUT2D eigenvalue weighted by Crippen LogP contribution is 2.64. The van der Waals surface area contributed by atoms with Crippen molar-refractivity contribution in [1.29, 1.82) is 0 Å². The molecule has 2 unspecified atom stereocenters. The molecule has 2 atom stereocenters. The maximum atomic E-state index is 14.1. The molecule has 3 N–H and O–H groups in total. The summed E-state index contributed by atoms with van der Waals surface area (Å²) in [5.41, 5.74) is 24.6. The highest BCUT2D eigenvalue weighted by molar-refractivity contribution is 5.99. The molecule has 632 valence electrons. The number of benzene rings is 9. The number of halogens is 1. The standard InChI is InChI=1S/C28H28O2.C28H32O.C27H34O2.C24H29FO2.4CH4/c1-17(29)21-2-3-23-12-24(5-4-22(23)11-21)25-6-7-27(30)26(13-25)28-14-18-8-19(15-28)10-20(9-18)16-28;1-18-4-7-26(19(2)10-21-5-8-25(9-6-21)20(3)29)14-27(18)28-15-22-11-23(16-28)13-24(12-22)17-28;1-17(20-8-10-21(11-9-20)19(3)28)18(2)25(29)22-12-13-23-24(16-22)27(6,7)15-14-26(23,4)5;1-15-6-7-16(20(25)12-15)14-21(26)22(27)17-8-9-18-19(13-17)24(4,5)11-10-23(18,2)3;;;;/h2-7,11-13,18-20,30H,8-10,14-16H2,1H3;4-10,14,22-24H,11-13,15-17H2,1-3H3;8-13,16,25,29H,14-15H2,1-7H3;6-9,12-13,22,27H,10-11,14H2,1-5H3;4*1H4/b;19-10+;18-17+;;;;;. The van der Waals surface area contributed by atoms with Crippen molar-refractivity contribution in [2.24, 2.45) is 35.5 Å². The van der Waals surface area contributed by atoms with Crippen molar-refractivity contribution < 1.29 is 38.9 Å². The highest BCUT2D eigenvalue weighted by Gasteiger charge is 2.54. The van der Waals surface area contributed by atoms with Crippen molar-refractivity contribution in [1.82, 2.24) is 0 Å². The minimum absolute atomic E-state index is 0. The number of aliphatic hydroxyl groups excluding tert-OH is 2. The van der Waals surface area contributed by atoms with Crippen LogP contribution in [0.1, 0.15) is 351 Å². The fourth-order valence-corrected chi connectivity index (χ4v) is 22.7. The number of rotatable bonds is 15. The van der Waals surface area contributed by atoms with Crippen LogP contribution in [-0.4, -0.2) is 38.5 Å². The van der Waals surface area contributed by atoms with E-state index in [4.69, 9.17) is 0 Å². The predicted octanol–water partition coefficient (Wildman–Crippen LogP) is 28.7. The summed E-state index contributed by atoms with van der Waals surface area (Å²) in [6.07, 6.45) is 21.5. The van der Waals surface area contributed by atoms with Gasteiger partial charge >= 0.3 is 0 Å². The Kier molecular flexibility index (Phi) is 27.9. The van der Waals surface area contributed by atoms with Crippen molar-refractivity contribution in [3.05, 3.63) is 282 Å². The van der Waals surface area contributed by atoms with E-state index in [2.05, 4.69) is 154 Å². The van der Waals surface area contributed by atoms with Crippen LogP contribution in [0.4, 0.5) is 4.39 Å². The van der Waals surface area contributed by atoms with Gasteiger partial charge in [-0.05, 0) is 367 Å². The molecular weight excluding hydrogens is 1460 g/mol. The number of aromatic hydroxyl groups is 1. The van der Waals surface area contributed by atoms with E-state index in [1.54, 1.807) is 45.4 Å². The molecule has 10 aliphatic carbocycles. The van der Waals surface area contributed by atoms with E-state index >= 15 is 0 Å². The number of allylic oxidation sites excluding steroid dienone is 2. The lowest BCUT2D eigenvalue weighted by molar-refractivity contribution is -0.126. The first-order valence-electron chi connectivity index (χ1n) is 42.9. The smallest absolute Gasteiger partial charge is 0.170 e. The molecule has 8 saturated carbocycles. The molecule has 10 aliphatic rings. The number of ketones is 4. The summed E-state index contributed by atoms with van der Waals surface area (Å²) in [4.78, 5) is 47.3. The summed E-state index contributed by atoms with van der Waals surface area (Å²) in [5, 5.41) is 34.9. The van der Waals surface area contributed by atoms with Crippen LogP contribution in [-0.2, 0) is 43.7 Å². The van der Waals surface area contributed by atoms with Crippen LogP contribution in [0.15, 0.2) is 181 Å². The van der Waals surface area contributed by atoms with Gasteiger partial charge in [0, 0.05) is 28.7 Å². The number of Topliss-reactive ketones (excluding diaryl/α,β-unsaturated/α-hetero) is 4. The Balaban J connectivity index is 0.000000165. The minimum Gasteiger partial charge on any atom is -0.508 e. The summed E-state index contributed by atoms with van der Waals surface area (Å²) in [5.74, 6) is 5.47. The molecule has 7 nitrogen and oxygen atoms in total. The van der Waals surface area contributed by atoms with Gasteiger partial charge in [0.25, 0.3) is 0 Å². The number of phenolic OH excluding ortho intramolecular Hbond substituents is 1. The Labute approximate surface area is 714 Å². The van der Waals surface area contributed by atoms with E-state index in [1.165, 1.54) is 145 Å². The monoisotopic (exact) mass is 1600 g/mol. The van der Waals surface area contributed by atoms with Gasteiger partial charge in [-0.25, -0.2) is 4.39 Å². The Morgan fingerprint density at radius 1 is 0.403 bits per heavy atom. The fourth-order valence-electron chi connectivity index (χ4n) is 22.7. The molecule has 0 aromatic heterocycles. The Morgan fingerprint density at radius 3 is 1.29 bits per heavy atom. The third-order valence-corrected chi connectivity index (χ3v) is 29.2. The van der Waals surface area contributed by atoms with Gasteiger partial charge in [0.15, 0.2) is 23.1 Å². The lowest BCUT2D eigenvalue weighted by Gasteiger charge is -2.57. The van der Waals surface area contributed by atoms with Crippen molar-refractivity contribution in [3.63, 3.8) is 0 Å². The molecule has 19 rings (SSSR count). The van der Waals surface area contributed by atoms with Crippen LogP contribution in [0, 0.1) is 55.2 Å². The predicted molar refractivity (Wildman–Crippen MR) is 497 cm³/mol. The molecule has 0 aliphatic heterocycles. The van der Waals surface area contributed by atoms with Crippen LogP contribution in [0.2, 0.25) is 0 Å². The number of aliphatic hydroxyl groups is 2.